The maximum atomic E-state index is 6.02. The number of rotatable bonds is 4. The standard InChI is InChI=1S/C14H18ClN3O/c1-10-4-5-11-13(16-10)18(12(8-15)17-11)9-14(19-2)6-3-7-14/h4-5H,3,6-9H2,1-2H3. The highest BCUT2D eigenvalue weighted by Crippen LogP contribution is 2.37. The van der Waals surface area contributed by atoms with Crippen LogP contribution in [0.25, 0.3) is 11.2 Å². The molecule has 1 fully saturated rings. The highest BCUT2D eigenvalue weighted by Gasteiger charge is 2.38. The number of hydrogen-bond acceptors (Lipinski definition) is 3. The van der Waals surface area contributed by atoms with Crippen LogP contribution in [-0.4, -0.2) is 27.2 Å². The molecule has 0 N–H and O–H groups in total. The second-order valence-electron chi connectivity index (χ2n) is 5.28. The van der Waals surface area contributed by atoms with Crippen molar-refractivity contribution in [3.05, 3.63) is 23.7 Å². The van der Waals surface area contributed by atoms with Crippen molar-refractivity contribution in [3.8, 4) is 0 Å². The van der Waals surface area contributed by atoms with Crippen molar-refractivity contribution in [3.63, 3.8) is 0 Å². The van der Waals surface area contributed by atoms with Crippen molar-refractivity contribution in [2.24, 2.45) is 0 Å². The van der Waals surface area contributed by atoms with Gasteiger partial charge < -0.3 is 9.30 Å². The van der Waals surface area contributed by atoms with Gasteiger partial charge >= 0.3 is 0 Å². The van der Waals surface area contributed by atoms with Gasteiger partial charge in [0, 0.05) is 12.8 Å². The molecule has 2 heterocycles. The van der Waals surface area contributed by atoms with E-state index in [1.165, 1.54) is 6.42 Å². The Bertz CT molecular complexity index is 598. The smallest absolute Gasteiger partial charge is 0.160 e. The van der Waals surface area contributed by atoms with E-state index in [0.717, 1.165) is 42.1 Å². The molecule has 2 aromatic rings. The van der Waals surface area contributed by atoms with E-state index in [9.17, 15) is 0 Å². The predicted octanol–water partition coefficient (Wildman–Crippen LogP) is 3.05. The second kappa shape index (κ2) is 4.76. The monoisotopic (exact) mass is 279 g/mol. The lowest BCUT2D eigenvalue weighted by atomic mass is 9.80. The maximum Gasteiger partial charge on any atom is 0.160 e. The molecule has 0 atom stereocenters. The van der Waals surface area contributed by atoms with Crippen molar-refractivity contribution >= 4 is 22.8 Å². The van der Waals surface area contributed by atoms with Gasteiger partial charge in [-0.25, -0.2) is 9.97 Å². The number of hydrogen-bond donors (Lipinski definition) is 0. The molecule has 0 unspecified atom stereocenters. The first-order valence-electron chi connectivity index (χ1n) is 6.61. The molecular weight excluding hydrogens is 262 g/mol. The molecule has 4 nitrogen and oxygen atoms in total. The summed E-state index contributed by atoms with van der Waals surface area (Å²) in [5.74, 6) is 1.27. The van der Waals surface area contributed by atoms with Crippen LogP contribution >= 0.6 is 11.6 Å². The third kappa shape index (κ3) is 2.13. The summed E-state index contributed by atoms with van der Waals surface area (Å²) in [5, 5.41) is 0. The minimum atomic E-state index is -0.0557. The Kier molecular flexibility index (Phi) is 3.23. The van der Waals surface area contributed by atoms with Gasteiger partial charge in [0.25, 0.3) is 0 Å². The van der Waals surface area contributed by atoms with Gasteiger partial charge in [-0.15, -0.1) is 11.6 Å². The third-order valence-corrected chi connectivity index (χ3v) is 4.31. The SMILES string of the molecule is COC1(Cn2c(CCl)nc3ccc(C)nc32)CCC1. The number of halogens is 1. The van der Waals surface area contributed by atoms with Crippen molar-refractivity contribution < 1.29 is 4.74 Å². The Balaban J connectivity index is 2.07. The fourth-order valence-electron chi connectivity index (χ4n) is 2.70. The number of alkyl halides is 1. The van der Waals surface area contributed by atoms with Gasteiger partial charge in [0.05, 0.1) is 18.0 Å². The average Bonchev–Trinajstić information content (AvgIpc) is 2.71. The van der Waals surface area contributed by atoms with Gasteiger partial charge in [0.15, 0.2) is 5.65 Å². The number of methoxy groups -OCH3 is 1. The van der Waals surface area contributed by atoms with Gasteiger partial charge in [-0.1, -0.05) is 0 Å². The average molecular weight is 280 g/mol. The van der Waals surface area contributed by atoms with Gasteiger partial charge in [0.1, 0.15) is 11.3 Å². The Morgan fingerprint density at radius 2 is 2.16 bits per heavy atom. The molecule has 0 saturated heterocycles. The normalized spacial score (nSPS) is 17.6. The van der Waals surface area contributed by atoms with Crippen LogP contribution < -0.4 is 0 Å². The number of aromatic nitrogens is 3. The zero-order chi connectivity index (χ0) is 13.5. The van der Waals surface area contributed by atoms with Crippen LogP contribution in [0.4, 0.5) is 0 Å². The Morgan fingerprint density at radius 1 is 1.37 bits per heavy atom. The zero-order valence-electron chi connectivity index (χ0n) is 11.3. The number of fused-ring (bicyclic) bond motifs is 1. The Morgan fingerprint density at radius 3 is 2.74 bits per heavy atom. The Hall–Kier alpha value is -1.13. The van der Waals surface area contributed by atoms with Crippen molar-refractivity contribution in [2.75, 3.05) is 7.11 Å². The first kappa shape index (κ1) is 12.9. The van der Waals surface area contributed by atoms with Crippen molar-refractivity contribution in [1.29, 1.82) is 0 Å². The van der Waals surface area contributed by atoms with Crippen LogP contribution in [0.5, 0.6) is 0 Å². The largest absolute Gasteiger partial charge is 0.376 e. The predicted molar refractivity (Wildman–Crippen MR) is 75.4 cm³/mol. The number of ether oxygens (including phenoxy) is 1. The van der Waals surface area contributed by atoms with Crippen LogP contribution in [-0.2, 0) is 17.2 Å². The van der Waals surface area contributed by atoms with E-state index in [0.29, 0.717) is 5.88 Å². The van der Waals surface area contributed by atoms with E-state index in [2.05, 4.69) is 14.5 Å². The zero-order valence-corrected chi connectivity index (χ0v) is 12.1. The van der Waals surface area contributed by atoms with Gasteiger partial charge in [-0.05, 0) is 38.3 Å². The summed E-state index contributed by atoms with van der Waals surface area (Å²) in [7, 11) is 1.79. The summed E-state index contributed by atoms with van der Waals surface area (Å²) in [6.07, 6.45) is 3.41. The molecule has 0 bridgehead atoms. The molecule has 0 spiro atoms. The van der Waals surface area contributed by atoms with Gasteiger partial charge in [-0.3, -0.25) is 0 Å². The molecular formula is C14H18ClN3O. The van der Waals surface area contributed by atoms with E-state index in [1.807, 2.05) is 19.1 Å². The summed E-state index contributed by atoms with van der Waals surface area (Å²) >= 11 is 6.02. The molecule has 19 heavy (non-hydrogen) atoms. The highest BCUT2D eigenvalue weighted by molar-refractivity contribution is 6.16. The molecule has 5 heteroatoms. The fraction of sp³-hybridized carbons (Fsp3) is 0.571. The summed E-state index contributed by atoms with van der Waals surface area (Å²) in [4.78, 5) is 9.17. The van der Waals surface area contributed by atoms with Crippen LogP contribution in [0.3, 0.4) is 0 Å². The van der Waals surface area contributed by atoms with Crippen LogP contribution in [0.15, 0.2) is 12.1 Å². The summed E-state index contributed by atoms with van der Waals surface area (Å²) in [6.45, 7) is 2.78. The third-order valence-electron chi connectivity index (χ3n) is 4.07. The summed E-state index contributed by atoms with van der Waals surface area (Å²) in [6, 6.07) is 3.98. The summed E-state index contributed by atoms with van der Waals surface area (Å²) in [5.41, 5.74) is 2.76. The molecule has 2 aromatic heterocycles. The lowest BCUT2D eigenvalue weighted by Gasteiger charge is -2.41. The first-order valence-corrected chi connectivity index (χ1v) is 7.15. The van der Waals surface area contributed by atoms with Crippen LogP contribution in [0, 0.1) is 6.92 Å². The number of nitrogens with zero attached hydrogens (tertiary/aromatic N) is 3. The van der Waals surface area contributed by atoms with E-state index in [4.69, 9.17) is 16.3 Å². The van der Waals surface area contributed by atoms with E-state index in [1.54, 1.807) is 7.11 Å². The lowest BCUT2D eigenvalue weighted by molar-refractivity contribution is -0.0832. The molecule has 0 aliphatic heterocycles. The fourth-order valence-corrected chi connectivity index (χ4v) is 2.90. The molecule has 102 valence electrons. The number of aryl methyl sites for hydroxylation is 1. The molecule has 1 saturated carbocycles. The minimum absolute atomic E-state index is 0.0557. The second-order valence-corrected chi connectivity index (χ2v) is 5.55. The molecule has 3 rings (SSSR count). The molecule has 1 aliphatic carbocycles. The minimum Gasteiger partial charge on any atom is -0.376 e. The number of imidazole rings is 1. The topological polar surface area (TPSA) is 39.9 Å². The van der Waals surface area contributed by atoms with Crippen molar-refractivity contribution in [1.82, 2.24) is 14.5 Å². The van der Waals surface area contributed by atoms with Crippen LogP contribution in [0.2, 0.25) is 0 Å². The Labute approximate surface area is 117 Å². The van der Waals surface area contributed by atoms with E-state index < -0.39 is 0 Å². The van der Waals surface area contributed by atoms with Crippen molar-refractivity contribution in [2.45, 2.75) is 44.2 Å². The van der Waals surface area contributed by atoms with E-state index in [-0.39, 0.29) is 5.60 Å². The van der Waals surface area contributed by atoms with E-state index >= 15 is 0 Å². The quantitative estimate of drug-likeness (QED) is 0.808. The lowest BCUT2D eigenvalue weighted by Crippen LogP contribution is -2.43. The maximum absolute atomic E-state index is 6.02. The van der Waals surface area contributed by atoms with Crippen LogP contribution in [0.1, 0.15) is 30.8 Å². The first-order chi connectivity index (χ1) is 9.17. The van der Waals surface area contributed by atoms with Gasteiger partial charge in [0.2, 0.25) is 0 Å². The number of pyridine rings is 1. The molecule has 0 amide bonds. The highest BCUT2D eigenvalue weighted by atomic mass is 35.5. The summed E-state index contributed by atoms with van der Waals surface area (Å²) < 4.78 is 7.83. The molecule has 1 aliphatic rings. The molecule has 0 aromatic carbocycles. The van der Waals surface area contributed by atoms with Gasteiger partial charge in [-0.2, -0.15) is 0 Å². The molecule has 0 radical (unpaired) electrons.